The van der Waals surface area contributed by atoms with Crippen LogP contribution in [0.3, 0.4) is 0 Å². The lowest BCUT2D eigenvalue weighted by molar-refractivity contribution is -0.137. The fourth-order valence-electron chi connectivity index (χ4n) is 4.16. The normalized spacial score (nSPS) is 11.5. The zero-order valence-electron chi connectivity index (χ0n) is 22.7. The van der Waals surface area contributed by atoms with Crippen molar-refractivity contribution in [1.82, 2.24) is 9.88 Å². The third-order valence-electron chi connectivity index (χ3n) is 6.34. The van der Waals surface area contributed by atoms with E-state index in [0.717, 1.165) is 30.7 Å². The van der Waals surface area contributed by atoms with Gasteiger partial charge >= 0.3 is 6.18 Å². The van der Waals surface area contributed by atoms with Gasteiger partial charge < -0.3 is 24.3 Å². The van der Waals surface area contributed by atoms with Crippen molar-refractivity contribution < 1.29 is 27.1 Å². The number of halogens is 3. The van der Waals surface area contributed by atoms with Crippen molar-refractivity contribution in [3.8, 4) is 22.8 Å². The Hall–Kier alpha value is -4.31. The fourth-order valence-corrected chi connectivity index (χ4v) is 4.16. The van der Waals surface area contributed by atoms with Gasteiger partial charge in [0.05, 0.1) is 28.7 Å². The third kappa shape index (κ3) is 7.01. The molecule has 0 unspecified atom stereocenters. The smallest absolute Gasteiger partial charge is 0.416 e. The molecule has 3 aromatic carbocycles. The van der Waals surface area contributed by atoms with E-state index in [1.807, 2.05) is 49.0 Å². The molecule has 40 heavy (non-hydrogen) atoms. The summed E-state index contributed by atoms with van der Waals surface area (Å²) in [5.74, 6) is 0.883. The van der Waals surface area contributed by atoms with Crippen LogP contribution in [-0.2, 0) is 6.18 Å². The number of alkyl halides is 3. The molecule has 1 aromatic heterocycles. The number of anilines is 2. The predicted octanol–water partition coefficient (Wildman–Crippen LogP) is 7.10. The first-order chi connectivity index (χ1) is 19.0. The highest BCUT2D eigenvalue weighted by Crippen LogP contribution is 2.37. The van der Waals surface area contributed by atoms with Crippen LogP contribution in [0, 0.1) is 6.92 Å². The van der Waals surface area contributed by atoms with Crippen LogP contribution >= 0.6 is 0 Å². The highest BCUT2D eigenvalue weighted by molar-refractivity contribution is 6.06. The number of hydrogen-bond acceptors (Lipinski definition) is 6. The van der Waals surface area contributed by atoms with E-state index in [9.17, 15) is 18.0 Å². The number of amides is 1. The summed E-state index contributed by atoms with van der Waals surface area (Å²) >= 11 is 0. The molecule has 4 rings (SSSR count). The molecule has 210 valence electrons. The Morgan fingerprint density at radius 1 is 1.00 bits per heavy atom. The second-order valence-corrected chi connectivity index (χ2v) is 9.71. The molecule has 4 aromatic rings. The minimum atomic E-state index is -4.55. The van der Waals surface area contributed by atoms with E-state index < -0.39 is 17.6 Å². The Labute approximate surface area is 231 Å². The predicted molar refractivity (Wildman–Crippen MR) is 149 cm³/mol. The van der Waals surface area contributed by atoms with Crippen molar-refractivity contribution in [1.29, 1.82) is 0 Å². The average Bonchev–Trinajstić information content (AvgIpc) is 3.44. The summed E-state index contributed by atoms with van der Waals surface area (Å²) in [5, 5.41) is 2.69. The second-order valence-electron chi connectivity index (χ2n) is 9.71. The summed E-state index contributed by atoms with van der Waals surface area (Å²) < 4.78 is 52.2. The lowest BCUT2D eigenvalue weighted by Gasteiger charge is -2.24. The lowest BCUT2D eigenvalue weighted by Crippen LogP contribution is -2.25. The second kappa shape index (κ2) is 12.3. The van der Waals surface area contributed by atoms with Gasteiger partial charge in [-0.15, -0.1) is 0 Å². The summed E-state index contributed by atoms with van der Waals surface area (Å²) in [6, 6.07) is 15.5. The number of benzene rings is 3. The largest absolute Gasteiger partial charge is 0.456 e. The van der Waals surface area contributed by atoms with Crippen LogP contribution in [-0.4, -0.2) is 50.0 Å². The number of aromatic nitrogens is 1. The fraction of sp³-hybridized carbons (Fsp3) is 0.267. The number of ether oxygens (including phenoxy) is 1. The van der Waals surface area contributed by atoms with Crippen LogP contribution in [0.15, 0.2) is 77.7 Å². The summed E-state index contributed by atoms with van der Waals surface area (Å²) in [5.41, 5.74) is 1.40. The minimum absolute atomic E-state index is 0.0749. The molecule has 0 saturated carbocycles. The van der Waals surface area contributed by atoms with Crippen molar-refractivity contribution in [3.05, 3.63) is 89.9 Å². The average molecular weight is 553 g/mol. The SMILES string of the molecule is Cc1ccc(C(=O)Nc2cc(C(F)(F)F)ccc2N(C)CCCN(C)C)cc1Oc1ccccc1-c1cnco1. The Bertz CT molecular complexity index is 1450. The molecule has 0 aliphatic carbocycles. The number of carbonyl (C=O) groups excluding carboxylic acids is 1. The molecule has 7 nitrogen and oxygen atoms in total. The van der Waals surface area contributed by atoms with E-state index in [0.29, 0.717) is 35.1 Å². The Morgan fingerprint density at radius 3 is 2.48 bits per heavy atom. The number of aryl methyl sites for hydroxylation is 1. The lowest BCUT2D eigenvalue weighted by atomic mass is 10.1. The first-order valence-corrected chi connectivity index (χ1v) is 12.7. The topological polar surface area (TPSA) is 70.8 Å². The minimum Gasteiger partial charge on any atom is -0.456 e. The number of para-hydroxylation sites is 1. The molecule has 0 atom stereocenters. The van der Waals surface area contributed by atoms with Crippen LogP contribution in [0.2, 0.25) is 0 Å². The highest BCUT2D eigenvalue weighted by Gasteiger charge is 2.31. The first kappa shape index (κ1) is 28.7. The summed E-state index contributed by atoms with van der Waals surface area (Å²) in [4.78, 5) is 21.2. The van der Waals surface area contributed by atoms with Crippen molar-refractivity contribution in [2.45, 2.75) is 19.5 Å². The third-order valence-corrected chi connectivity index (χ3v) is 6.34. The van der Waals surface area contributed by atoms with Crippen molar-refractivity contribution >= 4 is 17.3 Å². The molecular formula is C30H31F3N4O3. The van der Waals surface area contributed by atoms with Gasteiger partial charge in [0.15, 0.2) is 12.2 Å². The van der Waals surface area contributed by atoms with E-state index in [4.69, 9.17) is 9.15 Å². The van der Waals surface area contributed by atoms with E-state index in [2.05, 4.69) is 10.3 Å². The van der Waals surface area contributed by atoms with Gasteiger partial charge in [-0.1, -0.05) is 18.2 Å². The van der Waals surface area contributed by atoms with Gasteiger partial charge in [0.2, 0.25) is 0 Å². The first-order valence-electron chi connectivity index (χ1n) is 12.7. The molecule has 0 radical (unpaired) electrons. The van der Waals surface area contributed by atoms with Crippen molar-refractivity contribution in [3.63, 3.8) is 0 Å². The van der Waals surface area contributed by atoms with E-state index >= 15 is 0 Å². The molecule has 0 bridgehead atoms. The number of oxazole rings is 1. The summed E-state index contributed by atoms with van der Waals surface area (Å²) in [6.07, 6.45) is -0.859. The Morgan fingerprint density at radius 2 is 1.77 bits per heavy atom. The Balaban J connectivity index is 1.61. The number of carbonyl (C=O) groups is 1. The molecular weight excluding hydrogens is 521 g/mol. The molecule has 0 saturated heterocycles. The van der Waals surface area contributed by atoms with Crippen LogP contribution in [0.5, 0.6) is 11.5 Å². The highest BCUT2D eigenvalue weighted by atomic mass is 19.4. The van der Waals surface area contributed by atoms with Gasteiger partial charge in [-0.2, -0.15) is 13.2 Å². The van der Waals surface area contributed by atoms with Gasteiger partial charge in [-0.25, -0.2) is 4.98 Å². The van der Waals surface area contributed by atoms with Crippen LogP contribution in [0.1, 0.15) is 27.9 Å². The van der Waals surface area contributed by atoms with E-state index in [-0.39, 0.29) is 11.3 Å². The zero-order chi connectivity index (χ0) is 28.9. The maximum absolute atomic E-state index is 13.5. The summed E-state index contributed by atoms with van der Waals surface area (Å²) in [7, 11) is 5.70. The standard InChI is InChI=1S/C30H31F3N4O3/c1-20-10-11-21(16-27(20)40-26-9-6-5-8-23(26)28-18-34-19-39-28)29(38)35-24-17-22(30(31,32)33)12-13-25(24)37(4)15-7-14-36(2)3/h5-6,8-13,16-19H,7,14-15H2,1-4H3,(H,35,38). The van der Waals surface area contributed by atoms with Gasteiger partial charge in [0.25, 0.3) is 5.91 Å². The van der Waals surface area contributed by atoms with E-state index in [1.54, 1.807) is 37.5 Å². The molecule has 10 heteroatoms. The van der Waals surface area contributed by atoms with Crippen LogP contribution < -0.4 is 15.0 Å². The van der Waals surface area contributed by atoms with Crippen molar-refractivity contribution in [2.24, 2.45) is 0 Å². The van der Waals surface area contributed by atoms with Gasteiger partial charge in [-0.05, 0) is 82.0 Å². The number of hydrogen-bond donors (Lipinski definition) is 1. The van der Waals surface area contributed by atoms with Gasteiger partial charge in [-0.3, -0.25) is 4.79 Å². The van der Waals surface area contributed by atoms with E-state index in [1.165, 1.54) is 12.5 Å². The van der Waals surface area contributed by atoms with Crippen LogP contribution in [0.4, 0.5) is 24.5 Å². The number of rotatable bonds is 10. The monoisotopic (exact) mass is 552 g/mol. The quantitative estimate of drug-likeness (QED) is 0.226. The Kier molecular flexibility index (Phi) is 8.79. The molecule has 0 aliphatic heterocycles. The molecule has 1 heterocycles. The van der Waals surface area contributed by atoms with Crippen molar-refractivity contribution in [2.75, 3.05) is 44.4 Å². The van der Waals surface area contributed by atoms with Gasteiger partial charge in [0.1, 0.15) is 11.5 Å². The number of nitrogens with one attached hydrogen (secondary N) is 1. The molecule has 1 amide bonds. The molecule has 1 N–H and O–H groups in total. The zero-order valence-corrected chi connectivity index (χ0v) is 22.7. The molecule has 0 fully saturated rings. The van der Waals surface area contributed by atoms with Gasteiger partial charge in [0, 0.05) is 19.2 Å². The molecule has 0 aliphatic rings. The number of nitrogens with zero attached hydrogens (tertiary/aromatic N) is 3. The maximum Gasteiger partial charge on any atom is 0.416 e. The maximum atomic E-state index is 13.5. The molecule has 0 spiro atoms. The van der Waals surface area contributed by atoms with Crippen LogP contribution in [0.25, 0.3) is 11.3 Å². The summed E-state index contributed by atoms with van der Waals surface area (Å²) in [6.45, 7) is 3.25.